The van der Waals surface area contributed by atoms with E-state index in [2.05, 4.69) is 4.90 Å². The van der Waals surface area contributed by atoms with Crippen LogP contribution in [0.5, 0.6) is 11.5 Å². The van der Waals surface area contributed by atoms with Crippen molar-refractivity contribution < 1.29 is 19.2 Å². The van der Waals surface area contributed by atoms with Crippen molar-refractivity contribution in [2.24, 2.45) is 11.7 Å². The second-order valence-corrected chi connectivity index (χ2v) is 7.94. The van der Waals surface area contributed by atoms with Crippen molar-refractivity contribution in [2.45, 2.75) is 32.2 Å². The largest absolute Gasteiger partial charge is 0.497 e. The van der Waals surface area contributed by atoms with E-state index in [-0.39, 0.29) is 11.3 Å². The highest BCUT2D eigenvalue weighted by Crippen LogP contribution is 2.28. The maximum absolute atomic E-state index is 11.4. The molecule has 166 valence electrons. The number of methoxy groups -OCH3 is 2. The number of nitrogens with zero attached hydrogens (tertiary/aromatic N) is 2. The molecule has 0 spiro atoms. The van der Waals surface area contributed by atoms with E-state index in [0.717, 1.165) is 50.3 Å². The molecule has 1 saturated heterocycles. The lowest BCUT2D eigenvalue weighted by molar-refractivity contribution is -0.385. The first-order valence-corrected chi connectivity index (χ1v) is 10.4. The number of piperidine rings is 1. The van der Waals surface area contributed by atoms with Crippen molar-refractivity contribution in [1.82, 2.24) is 4.90 Å². The molecule has 2 N–H and O–H groups in total. The summed E-state index contributed by atoms with van der Waals surface area (Å²) >= 11 is 0. The van der Waals surface area contributed by atoms with Crippen molar-refractivity contribution in [3.8, 4) is 11.5 Å². The quantitative estimate of drug-likeness (QED) is 0.484. The Labute approximate surface area is 182 Å². The maximum Gasteiger partial charge on any atom is 0.274 e. The Morgan fingerprint density at radius 3 is 2.32 bits per heavy atom. The van der Waals surface area contributed by atoms with E-state index in [4.69, 9.17) is 15.2 Å². The number of aryl methyl sites for hydroxylation is 1. The molecule has 1 aliphatic rings. The summed E-state index contributed by atoms with van der Waals surface area (Å²) < 4.78 is 10.7. The molecule has 0 bridgehead atoms. The van der Waals surface area contributed by atoms with E-state index in [1.807, 2.05) is 18.2 Å². The molecule has 1 amide bonds. The van der Waals surface area contributed by atoms with Crippen LogP contribution in [0.25, 0.3) is 0 Å². The zero-order valence-electron chi connectivity index (χ0n) is 18.0. The van der Waals surface area contributed by atoms with Crippen LogP contribution < -0.4 is 15.2 Å². The second kappa shape index (κ2) is 10.3. The lowest BCUT2D eigenvalue weighted by Crippen LogP contribution is -2.33. The highest BCUT2D eigenvalue weighted by atomic mass is 16.6. The fourth-order valence-electron chi connectivity index (χ4n) is 4.08. The van der Waals surface area contributed by atoms with Crippen LogP contribution in [0.2, 0.25) is 0 Å². The van der Waals surface area contributed by atoms with Crippen LogP contribution in [0.1, 0.15) is 40.7 Å². The van der Waals surface area contributed by atoms with Gasteiger partial charge < -0.3 is 15.2 Å². The fourth-order valence-corrected chi connectivity index (χ4v) is 4.08. The maximum atomic E-state index is 11.4. The SMILES string of the molecule is COc1cc(CCC2CCN(Cc3ccc(C(N)=O)cc3[N+](=O)[O-])CC2)cc(OC)c1. The number of carbonyl (C=O) groups is 1. The Kier molecular flexibility index (Phi) is 7.46. The topological polar surface area (TPSA) is 108 Å². The molecule has 1 aliphatic heterocycles. The van der Waals surface area contributed by atoms with Crippen LogP contribution in [-0.2, 0) is 13.0 Å². The summed E-state index contributed by atoms with van der Waals surface area (Å²) in [6, 6.07) is 10.4. The Balaban J connectivity index is 1.55. The number of hydrogen-bond acceptors (Lipinski definition) is 6. The number of hydrogen-bond donors (Lipinski definition) is 1. The van der Waals surface area contributed by atoms with E-state index in [9.17, 15) is 14.9 Å². The van der Waals surface area contributed by atoms with Crippen LogP contribution in [0.4, 0.5) is 5.69 Å². The summed E-state index contributed by atoms with van der Waals surface area (Å²) in [6.45, 7) is 2.27. The molecule has 0 radical (unpaired) electrons. The molecule has 31 heavy (non-hydrogen) atoms. The minimum absolute atomic E-state index is 0.0506. The van der Waals surface area contributed by atoms with Gasteiger partial charge >= 0.3 is 0 Å². The van der Waals surface area contributed by atoms with Gasteiger partial charge in [0.2, 0.25) is 5.91 Å². The molecule has 1 heterocycles. The Morgan fingerprint density at radius 1 is 1.13 bits per heavy atom. The van der Waals surface area contributed by atoms with E-state index >= 15 is 0 Å². The first-order chi connectivity index (χ1) is 14.9. The summed E-state index contributed by atoms with van der Waals surface area (Å²) in [7, 11) is 3.31. The monoisotopic (exact) mass is 427 g/mol. The molecule has 0 aliphatic carbocycles. The highest BCUT2D eigenvalue weighted by molar-refractivity contribution is 5.93. The minimum Gasteiger partial charge on any atom is -0.497 e. The molecule has 0 atom stereocenters. The molecular formula is C23H29N3O5. The number of amides is 1. The number of nitro benzene ring substituents is 1. The lowest BCUT2D eigenvalue weighted by Gasteiger charge is -2.32. The van der Waals surface area contributed by atoms with Crippen LogP contribution in [-0.4, -0.2) is 43.0 Å². The minimum atomic E-state index is -0.663. The van der Waals surface area contributed by atoms with Crippen molar-refractivity contribution in [2.75, 3.05) is 27.3 Å². The Bertz CT molecular complexity index is 917. The number of nitro groups is 1. The average Bonchev–Trinajstić information content (AvgIpc) is 2.78. The molecule has 8 nitrogen and oxygen atoms in total. The third-order valence-electron chi connectivity index (χ3n) is 5.92. The first-order valence-electron chi connectivity index (χ1n) is 10.4. The molecular weight excluding hydrogens is 398 g/mol. The third-order valence-corrected chi connectivity index (χ3v) is 5.92. The zero-order chi connectivity index (χ0) is 22.4. The van der Waals surface area contributed by atoms with Crippen LogP contribution >= 0.6 is 0 Å². The molecule has 2 aromatic rings. The predicted octanol–water partition coefficient (Wildman–Crippen LogP) is 3.56. The summed E-state index contributed by atoms with van der Waals surface area (Å²) in [5.74, 6) is 1.55. The average molecular weight is 428 g/mol. The number of likely N-dealkylation sites (tertiary alicyclic amines) is 1. The van der Waals surface area contributed by atoms with Gasteiger partial charge in [0.15, 0.2) is 0 Å². The molecule has 2 aromatic carbocycles. The van der Waals surface area contributed by atoms with Crippen LogP contribution in [0.3, 0.4) is 0 Å². The molecule has 8 heteroatoms. The standard InChI is InChI=1S/C23H29N3O5/c1-30-20-11-17(12-21(14-20)31-2)4-3-16-7-9-25(10-8-16)15-19-6-5-18(23(24)27)13-22(19)26(28)29/h5-6,11-14,16H,3-4,7-10,15H2,1-2H3,(H2,24,27). The Hall–Kier alpha value is -3.13. The molecule has 0 unspecified atom stereocenters. The van der Waals surface area contributed by atoms with Gasteiger partial charge in [0.25, 0.3) is 5.69 Å². The smallest absolute Gasteiger partial charge is 0.274 e. The number of rotatable bonds is 9. The van der Waals surface area contributed by atoms with E-state index in [1.54, 1.807) is 26.4 Å². The number of ether oxygens (including phenoxy) is 2. The second-order valence-electron chi connectivity index (χ2n) is 7.94. The van der Waals surface area contributed by atoms with Gasteiger partial charge in [0.05, 0.1) is 19.1 Å². The van der Waals surface area contributed by atoms with E-state index < -0.39 is 10.8 Å². The van der Waals surface area contributed by atoms with E-state index in [0.29, 0.717) is 18.0 Å². The molecule has 1 fully saturated rings. The van der Waals surface area contributed by atoms with Gasteiger partial charge in [-0.2, -0.15) is 0 Å². The number of benzene rings is 2. The normalized spacial score (nSPS) is 14.9. The van der Waals surface area contributed by atoms with Crippen molar-refractivity contribution in [1.29, 1.82) is 0 Å². The lowest BCUT2D eigenvalue weighted by atomic mass is 9.90. The number of nitrogens with two attached hydrogens (primary N) is 1. The summed E-state index contributed by atoms with van der Waals surface area (Å²) in [4.78, 5) is 24.5. The number of carbonyl (C=O) groups excluding carboxylic acids is 1. The summed E-state index contributed by atoms with van der Waals surface area (Å²) in [6.07, 6.45) is 4.14. The van der Waals surface area contributed by atoms with Gasteiger partial charge in [-0.3, -0.25) is 19.8 Å². The predicted molar refractivity (Wildman–Crippen MR) is 117 cm³/mol. The molecule has 0 saturated carbocycles. The van der Waals surface area contributed by atoms with Gasteiger partial charge in [-0.05, 0) is 68.5 Å². The van der Waals surface area contributed by atoms with Crippen molar-refractivity contribution in [3.05, 3.63) is 63.2 Å². The van der Waals surface area contributed by atoms with Gasteiger partial charge in [-0.1, -0.05) is 6.07 Å². The van der Waals surface area contributed by atoms with Gasteiger partial charge in [-0.15, -0.1) is 0 Å². The van der Waals surface area contributed by atoms with Gasteiger partial charge in [0.1, 0.15) is 11.5 Å². The fraction of sp³-hybridized carbons (Fsp3) is 0.435. The molecule has 0 aromatic heterocycles. The van der Waals surface area contributed by atoms with Gasteiger partial charge in [0, 0.05) is 29.8 Å². The summed E-state index contributed by atoms with van der Waals surface area (Å²) in [5, 5.41) is 11.4. The van der Waals surface area contributed by atoms with Crippen molar-refractivity contribution in [3.63, 3.8) is 0 Å². The zero-order valence-corrected chi connectivity index (χ0v) is 18.0. The van der Waals surface area contributed by atoms with Crippen molar-refractivity contribution >= 4 is 11.6 Å². The highest BCUT2D eigenvalue weighted by Gasteiger charge is 2.23. The first kappa shape index (κ1) is 22.6. The Morgan fingerprint density at radius 2 is 1.77 bits per heavy atom. The van der Waals surface area contributed by atoms with Gasteiger partial charge in [-0.25, -0.2) is 0 Å². The number of primary amides is 1. The van der Waals surface area contributed by atoms with Crippen LogP contribution in [0.15, 0.2) is 36.4 Å². The molecule has 3 rings (SSSR count). The third kappa shape index (κ3) is 5.95. The van der Waals surface area contributed by atoms with Crippen LogP contribution in [0, 0.1) is 16.0 Å². The summed E-state index contributed by atoms with van der Waals surface area (Å²) in [5.41, 5.74) is 7.16. The van der Waals surface area contributed by atoms with E-state index in [1.165, 1.54) is 11.6 Å².